The predicted octanol–water partition coefficient (Wildman–Crippen LogP) is 2.23. The lowest BCUT2D eigenvalue weighted by molar-refractivity contribution is -0.0889. The number of alkyl halides is 2. The molecule has 0 radical (unpaired) electrons. The standard InChI is InChI=1S/C3H2ClF3O/c4-2(1-5)8-3(6)7/h1,3H. The molecule has 0 saturated heterocycles. The summed E-state index contributed by atoms with van der Waals surface area (Å²) in [6.45, 7) is -3.06. The van der Waals surface area contributed by atoms with Gasteiger partial charge in [0.05, 0.1) is 0 Å². The van der Waals surface area contributed by atoms with Crippen LogP contribution in [0.25, 0.3) is 0 Å². The first kappa shape index (κ1) is 7.62. The molecule has 5 heteroatoms. The summed E-state index contributed by atoms with van der Waals surface area (Å²) in [7, 11) is 0. The molecule has 8 heavy (non-hydrogen) atoms. The zero-order valence-electron chi connectivity index (χ0n) is 3.57. The van der Waals surface area contributed by atoms with Crippen molar-refractivity contribution in [2.24, 2.45) is 0 Å². The Bertz CT molecular complexity index is 92.5. The maximum atomic E-state index is 11.0. The van der Waals surface area contributed by atoms with E-state index in [1.807, 2.05) is 0 Å². The van der Waals surface area contributed by atoms with E-state index >= 15 is 0 Å². The van der Waals surface area contributed by atoms with Crippen molar-refractivity contribution in [3.8, 4) is 0 Å². The van der Waals surface area contributed by atoms with Crippen LogP contribution < -0.4 is 0 Å². The molecule has 0 aliphatic rings. The second kappa shape index (κ2) is 3.60. The van der Waals surface area contributed by atoms with Crippen molar-refractivity contribution in [2.45, 2.75) is 6.61 Å². The minimum absolute atomic E-state index is 0.256. The summed E-state index contributed by atoms with van der Waals surface area (Å²) < 4.78 is 36.2. The van der Waals surface area contributed by atoms with Gasteiger partial charge < -0.3 is 4.74 Å². The van der Waals surface area contributed by atoms with Gasteiger partial charge in [-0.3, -0.25) is 0 Å². The third kappa shape index (κ3) is 3.80. The maximum absolute atomic E-state index is 11.0. The predicted molar refractivity (Wildman–Crippen MR) is 22.1 cm³/mol. The molecule has 0 aromatic rings. The van der Waals surface area contributed by atoms with E-state index in [9.17, 15) is 13.2 Å². The van der Waals surface area contributed by atoms with Gasteiger partial charge in [0, 0.05) is 0 Å². The molecule has 0 rings (SSSR count). The number of ether oxygens (including phenoxy) is 1. The van der Waals surface area contributed by atoms with E-state index in [1.165, 1.54) is 0 Å². The summed E-state index contributed by atoms with van der Waals surface area (Å²) in [6.07, 6.45) is -0.256. The Balaban J connectivity index is 3.39. The lowest BCUT2D eigenvalue weighted by Gasteiger charge is -1.97. The Morgan fingerprint density at radius 3 is 2.25 bits per heavy atom. The molecule has 0 aliphatic heterocycles. The van der Waals surface area contributed by atoms with Gasteiger partial charge in [0.2, 0.25) is 5.22 Å². The highest BCUT2D eigenvalue weighted by molar-refractivity contribution is 6.28. The highest BCUT2D eigenvalue weighted by Crippen LogP contribution is 2.08. The molecule has 0 aliphatic carbocycles. The van der Waals surface area contributed by atoms with Crippen LogP contribution in [0.15, 0.2) is 11.5 Å². The average Bonchev–Trinajstić information content (AvgIpc) is 1.65. The van der Waals surface area contributed by atoms with Gasteiger partial charge in [0.1, 0.15) is 6.33 Å². The molecule has 0 atom stereocenters. The first-order valence-corrected chi connectivity index (χ1v) is 1.95. The molecule has 0 N–H and O–H groups in total. The van der Waals surface area contributed by atoms with Crippen LogP contribution in [0.4, 0.5) is 13.2 Å². The molecular formula is C3H2ClF3O. The lowest BCUT2D eigenvalue weighted by atomic mass is 11.1. The molecule has 48 valence electrons. The molecule has 0 saturated carbocycles. The molecule has 0 heterocycles. The summed E-state index contributed by atoms with van der Waals surface area (Å²) in [4.78, 5) is 0. The second-order valence-electron chi connectivity index (χ2n) is 0.792. The van der Waals surface area contributed by atoms with Gasteiger partial charge in [-0.05, 0) is 11.6 Å². The van der Waals surface area contributed by atoms with Crippen LogP contribution in [0, 0.1) is 0 Å². The largest absolute Gasteiger partial charge is 0.421 e. The van der Waals surface area contributed by atoms with Gasteiger partial charge in [-0.1, -0.05) is 0 Å². The average molecular weight is 146 g/mol. The van der Waals surface area contributed by atoms with E-state index in [2.05, 4.69) is 16.3 Å². The number of rotatable bonds is 2. The summed E-state index contributed by atoms with van der Waals surface area (Å²) in [5.41, 5.74) is 0. The van der Waals surface area contributed by atoms with Crippen molar-refractivity contribution >= 4 is 11.6 Å². The molecule has 1 nitrogen and oxygen atoms in total. The SMILES string of the molecule is FC=C(Cl)OC(F)F. The Kier molecular flexibility index (Phi) is 3.43. The lowest BCUT2D eigenvalue weighted by Crippen LogP contribution is -1.93. The Hall–Kier alpha value is -0.380. The molecule has 0 bridgehead atoms. The molecule has 0 amide bonds. The number of hydrogen-bond acceptors (Lipinski definition) is 1. The minimum Gasteiger partial charge on any atom is -0.421 e. The highest BCUT2D eigenvalue weighted by Gasteiger charge is 2.02. The highest BCUT2D eigenvalue weighted by atomic mass is 35.5. The Morgan fingerprint density at radius 2 is 2.12 bits per heavy atom. The Morgan fingerprint density at radius 1 is 1.62 bits per heavy atom. The van der Waals surface area contributed by atoms with E-state index < -0.39 is 11.8 Å². The van der Waals surface area contributed by atoms with Crippen molar-refractivity contribution in [1.29, 1.82) is 0 Å². The van der Waals surface area contributed by atoms with Gasteiger partial charge in [-0.25, -0.2) is 4.39 Å². The molecule has 0 aromatic heterocycles. The van der Waals surface area contributed by atoms with Crippen molar-refractivity contribution in [3.63, 3.8) is 0 Å². The van der Waals surface area contributed by atoms with Crippen LogP contribution in [-0.4, -0.2) is 6.61 Å². The topological polar surface area (TPSA) is 9.23 Å². The monoisotopic (exact) mass is 146 g/mol. The fraction of sp³-hybridized carbons (Fsp3) is 0.333. The maximum Gasteiger partial charge on any atom is 0.388 e. The van der Waals surface area contributed by atoms with Gasteiger partial charge in [0.15, 0.2) is 0 Å². The molecule has 0 aromatic carbocycles. The smallest absolute Gasteiger partial charge is 0.388 e. The molecule has 0 unspecified atom stereocenters. The van der Waals surface area contributed by atoms with Crippen LogP contribution in [0.1, 0.15) is 0 Å². The van der Waals surface area contributed by atoms with E-state index in [-0.39, 0.29) is 6.33 Å². The van der Waals surface area contributed by atoms with Crippen LogP contribution in [0.3, 0.4) is 0 Å². The fourth-order valence-corrected chi connectivity index (χ4v) is 0.178. The van der Waals surface area contributed by atoms with Gasteiger partial charge in [0.25, 0.3) is 0 Å². The Labute approximate surface area is 48.7 Å². The van der Waals surface area contributed by atoms with E-state index in [0.29, 0.717) is 0 Å². The molecule has 0 spiro atoms. The van der Waals surface area contributed by atoms with Crippen LogP contribution in [0.2, 0.25) is 0 Å². The molecule has 0 fully saturated rings. The number of halogens is 4. The fourth-order valence-electron chi connectivity index (χ4n) is 0.111. The van der Waals surface area contributed by atoms with Gasteiger partial charge >= 0.3 is 6.61 Å². The van der Waals surface area contributed by atoms with Crippen molar-refractivity contribution in [3.05, 3.63) is 11.5 Å². The van der Waals surface area contributed by atoms with E-state index in [1.54, 1.807) is 0 Å². The summed E-state index contributed by atoms with van der Waals surface area (Å²) in [6, 6.07) is 0. The molecular weight excluding hydrogens is 144 g/mol. The third-order valence-corrected chi connectivity index (χ3v) is 0.459. The zero-order valence-corrected chi connectivity index (χ0v) is 4.33. The second-order valence-corrected chi connectivity index (χ2v) is 1.16. The van der Waals surface area contributed by atoms with Crippen LogP contribution in [-0.2, 0) is 4.74 Å². The van der Waals surface area contributed by atoms with E-state index in [4.69, 9.17) is 0 Å². The van der Waals surface area contributed by atoms with Crippen LogP contribution in [0.5, 0.6) is 0 Å². The first-order chi connectivity index (χ1) is 3.66. The van der Waals surface area contributed by atoms with E-state index in [0.717, 1.165) is 0 Å². The quantitative estimate of drug-likeness (QED) is 0.543. The summed E-state index contributed by atoms with van der Waals surface area (Å²) in [5, 5.41) is -0.944. The first-order valence-electron chi connectivity index (χ1n) is 1.57. The third-order valence-electron chi connectivity index (χ3n) is 0.287. The normalized spacial score (nSPS) is 12.4. The summed E-state index contributed by atoms with van der Waals surface area (Å²) in [5.74, 6) is 0. The van der Waals surface area contributed by atoms with Crippen molar-refractivity contribution in [1.82, 2.24) is 0 Å². The number of hydrogen-bond donors (Lipinski definition) is 0. The van der Waals surface area contributed by atoms with Crippen LogP contribution >= 0.6 is 11.6 Å². The minimum atomic E-state index is -3.06. The van der Waals surface area contributed by atoms with Gasteiger partial charge in [-0.15, -0.1) is 0 Å². The van der Waals surface area contributed by atoms with Crippen molar-refractivity contribution in [2.75, 3.05) is 0 Å². The summed E-state index contributed by atoms with van der Waals surface area (Å²) >= 11 is 4.64. The van der Waals surface area contributed by atoms with Crippen molar-refractivity contribution < 1.29 is 17.9 Å². The zero-order chi connectivity index (χ0) is 6.57. The van der Waals surface area contributed by atoms with Gasteiger partial charge in [-0.2, -0.15) is 8.78 Å².